The molecule has 2 aliphatic rings. The van der Waals surface area contributed by atoms with Gasteiger partial charge in [-0.1, -0.05) is 55.5 Å². The minimum atomic E-state index is -1.87. The van der Waals surface area contributed by atoms with Crippen molar-refractivity contribution in [2.75, 3.05) is 37.9 Å². The Kier molecular flexibility index (Phi) is 5.02. The minimum Gasteiger partial charge on any atom is -0.375 e. The number of ether oxygens (including phenoxy) is 1. The van der Waals surface area contributed by atoms with Crippen LogP contribution < -0.4 is 9.80 Å². The number of rotatable bonds is 5. The maximum absolute atomic E-state index is 13.4. The highest BCUT2D eigenvalue weighted by molar-refractivity contribution is 6.11. The van der Waals surface area contributed by atoms with Gasteiger partial charge in [0, 0.05) is 11.1 Å². The Hall–Kier alpha value is -2.54. The minimum absolute atomic E-state index is 0.244. The van der Waals surface area contributed by atoms with Crippen LogP contribution in [0.2, 0.25) is 0 Å². The van der Waals surface area contributed by atoms with Crippen molar-refractivity contribution in [1.29, 1.82) is 0 Å². The van der Waals surface area contributed by atoms with Crippen molar-refractivity contribution in [3.05, 3.63) is 65.7 Å². The van der Waals surface area contributed by atoms with Crippen molar-refractivity contribution in [2.45, 2.75) is 12.5 Å². The standard InChI is InChI=1S/C22H24N2O4/c1-16(20(25)17-7-3-2-4-8-17)22(27)18-9-5-6-10-19(18)24(21(22)26)15-23-11-13-28-14-12-23/h2-10,16,27H,11-15H2,1H3/p+1/t16-,22+/m1/s1. The molecule has 6 heteroatoms. The van der Waals surface area contributed by atoms with Crippen LogP contribution in [0.15, 0.2) is 54.6 Å². The van der Waals surface area contributed by atoms with E-state index in [2.05, 4.69) is 0 Å². The zero-order chi connectivity index (χ0) is 19.7. The molecule has 0 spiro atoms. The van der Waals surface area contributed by atoms with Crippen LogP contribution in [0, 0.1) is 5.92 Å². The second-order valence-electron chi connectivity index (χ2n) is 7.49. The van der Waals surface area contributed by atoms with E-state index in [-0.39, 0.29) is 5.78 Å². The molecule has 0 aromatic heterocycles. The largest absolute Gasteiger partial charge is 0.375 e. The average Bonchev–Trinajstić information content (AvgIpc) is 2.97. The molecule has 2 aromatic rings. The summed E-state index contributed by atoms with van der Waals surface area (Å²) in [5.74, 6) is -1.57. The summed E-state index contributed by atoms with van der Waals surface area (Å²) < 4.78 is 5.40. The SMILES string of the molecule is C[C@H](C(=O)c1ccccc1)[C@@]1(O)C(=O)N(C[NH+]2CCOCC2)c2ccccc21. The third-order valence-electron chi connectivity index (χ3n) is 5.84. The first kappa shape index (κ1) is 18.8. The fourth-order valence-electron chi connectivity index (χ4n) is 4.12. The lowest BCUT2D eigenvalue weighted by molar-refractivity contribution is -0.906. The number of nitrogens with one attached hydrogen (secondary N) is 1. The molecule has 2 aromatic carbocycles. The van der Waals surface area contributed by atoms with Crippen molar-refractivity contribution in [3.63, 3.8) is 0 Å². The number of fused-ring (bicyclic) bond motifs is 1. The highest BCUT2D eigenvalue weighted by Gasteiger charge is 2.56. The third-order valence-corrected chi connectivity index (χ3v) is 5.84. The molecule has 0 aliphatic carbocycles. The number of carbonyl (C=O) groups is 2. The maximum atomic E-state index is 13.4. The summed E-state index contributed by atoms with van der Waals surface area (Å²) in [7, 11) is 0. The number of carbonyl (C=O) groups excluding carboxylic acids is 2. The quantitative estimate of drug-likeness (QED) is 0.745. The molecule has 1 amide bonds. The molecule has 2 heterocycles. The van der Waals surface area contributed by atoms with Gasteiger partial charge in [-0.3, -0.25) is 14.5 Å². The van der Waals surface area contributed by atoms with Gasteiger partial charge in [-0.05, 0) is 6.07 Å². The first-order chi connectivity index (χ1) is 13.5. The van der Waals surface area contributed by atoms with Gasteiger partial charge in [0.1, 0.15) is 13.1 Å². The van der Waals surface area contributed by atoms with E-state index in [4.69, 9.17) is 4.74 Å². The lowest BCUT2D eigenvalue weighted by Gasteiger charge is -2.31. The lowest BCUT2D eigenvalue weighted by atomic mass is 9.79. The summed E-state index contributed by atoms with van der Waals surface area (Å²) in [6.45, 7) is 5.02. The summed E-state index contributed by atoms with van der Waals surface area (Å²) >= 11 is 0. The number of para-hydroxylation sites is 1. The number of anilines is 1. The van der Waals surface area contributed by atoms with Gasteiger partial charge in [0.2, 0.25) is 0 Å². The summed E-state index contributed by atoms with van der Waals surface area (Å²) in [5, 5.41) is 11.6. The highest BCUT2D eigenvalue weighted by Crippen LogP contribution is 2.45. The molecular weight excluding hydrogens is 356 g/mol. The summed E-state index contributed by atoms with van der Waals surface area (Å²) in [4.78, 5) is 29.3. The Morgan fingerprint density at radius 2 is 1.79 bits per heavy atom. The van der Waals surface area contributed by atoms with Gasteiger partial charge in [-0.2, -0.15) is 0 Å². The van der Waals surface area contributed by atoms with Crippen LogP contribution in [0.3, 0.4) is 0 Å². The number of benzene rings is 2. The van der Waals surface area contributed by atoms with Crippen molar-refractivity contribution in [3.8, 4) is 0 Å². The Balaban J connectivity index is 1.68. The van der Waals surface area contributed by atoms with E-state index in [0.29, 0.717) is 36.7 Å². The lowest BCUT2D eigenvalue weighted by Crippen LogP contribution is -3.15. The predicted molar refractivity (Wildman–Crippen MR) is 104 cm³/mol. The highest BCUT2D eigenvalue weighted by atomic mass is 16.5. The van der Waals surface area contributed by atoms with Crippen molar-refractivity contribution in [2.24, 2.45) is 5.92 Å². The molecule has 0 unspecified atom stereocenters. The molecule has 146 valence electrons. The third kappa shape index (κ3) is 3.03. The molecule has 2 aliphatic heterocycles. The summed E-state index contributed by atoms with van der Waals surface area (Å²) in [5.41, 5.74) is -0.188. The number of quaternary nitrogens is 1. The second-order valence-corrected chi connectivity index (χ2v) is 7.49. The molecule has 28 heavy (non-hydrogen) atoms. The number of hydrogen-bond donors (Lipinski definition) is 2. The van der Waals surface area contributed by atoms with E-state index in [9.17, 15) is 14.7 Å². The molecule has 2 N–H and O–H groups in total. The van der Waals surface area contributed by atoms with E-state index in [1.54, 1.807) is 48.2 Å². The van der Waals surface area contributed by atoms with Gasteiger partial charge >= 0.3 is 0 Å². The van der Waals surface area contributed by atoms with Crippen LogP contribution in [0.5, 0.6) is 0 Å². The summed E-state index contributed by atoms with van der Waals surface area (Å²) in [6.07, 6.45) is 0. The summed E-state index contributed by atoms with van der Waals surface area (Å²) in [6, 6.07) is 16.0. The van der Waals surface area contributed by atoms with Crippen LogP contribution in [0.25, 0.3) is 0 Å². The van der Waals surface area contributed by atoms with E-state index < -0.39 is 17.4 Å². The molecule has 1 saturated heterocycles. The predicted octanol–water partition coefficient (Wildman–Crippen LogP) is 0.612. The molecule has 4 rings (SSSR count). The number of morpholine rings is 1. The fraction of sp³-hybridized carbons (Fsp3) is 0.364. The second kappa shape index (κ2) is 7.47. The van der Waals surface area contributed by atoms with E-state index >= 15 is 0 Å². The number of hydrogen-bond acceptors (Lipinski definition) is 4. The van der Waals surface area contributed by atoms with E-state index in [1.165, 1.54) is 4.90 Å². The van der Waals surface area contributed by atoms with Gasteiger partial charge < -0.3 is 14.7 Å². The average molecular weight is 381 g/mol. The Morgan fingerprint density at radius 3 is 2.50 bits per heavy atom. The Morgan fingerprint density at radius 1 is 1.14 bits per heavy atom. The number of aliphatic hydroxyl groups is 1. The maximum Gasteiger partial charge on any atom is 0.268 e. The van der Waals surface area contributed by atoms with Gasteiger partial charge in [0.05, 0.1) is 24.8 Å². The Bertz CT molecular complexity index is 879. The number of nitrogens with zero attached hydrogens (tertiary/aromatic N) is 1. The van der Waals surface area contributed by atoms with Crippen molar-refractivity contribution >= 4 is 17.4 Å². The van der Waals surface area contributed by atoms with Crippen LogP contribution in [-0.4, -0.2) is 49.8 Å². The van der Waals surface area contributed by atoms with Gasteiger partial charge in [0.25, 0.3) is 5.91 Å². The van der Waals surface area contributed by atoms with Crippen LogP contribution in [-0.2, 0) is 15.1 Å². The molecule has 0 bridgehead atoms. The van der Waals surface area contributed by atoms with Crippen LogP contribution in [0.1, 0.15) is 22.8 Å². The topological polar surface area (TPSA) is 71.3 Å². The van der Waals surface area contributed by atoms with E-state index in [0.717, 1.165) is 13.1 Å². The van der Waals surface area contributed by atoms with Crippen LogP contribution in [0.4, 0.5) is 5.69 Å². The molecule has 1 fully saturated rings. The number of ketones is 1. The van der Waals surface area contributed by atoms with E-state index in [1.807, 2.05) is 18.2 Å². The number of amides is 1. The molecule has 2 atom stereocenters. The molecule has 6 nitrogen and oxygen atoms in total. The van der Waals surface area contributed by atoms with Crippen molar-refractivity contribution < 1.29 is 24.3 Å². The molecular formula is C22H25N2O4+. The van der Waals surface area contributed by atoms with Gasteiger partial charge in [-0.15, -0.1) is 0 Å². The van der Waals surface area contributed by atoms with Crippen molar-refractivity contribution in [1.82, 2.24) is 0 Å². The molecule has 0 saturated carbocycles. The smallest absolute Gasteiger partial charge is 0.268 e. The van der Waals surface area contributed by atoms with Crippen LogP contribution >= 0.6 is 0 Å². The Labute approximate surface area is 164 Å². The first-order valence-corrected chi connectivity index (χ1v) is 9.68. The van der Waals surface area contributed by atoms with Gasteiger partial charge in [-0.25, -0.2) is 0 Å². The first-order valence-electron chi connectivity index (χ1n) is 9.68. The zero-order valence-corrected chi connectivity index (χ0v) is 15.9. The normalized spacial score (nSPS) is 23.5. The zero-order valence-electron chi connectivity index (χ0n) is 15.9. The fourth-order valence-corrected chi connectivity index (χ4v) is 4.12. The van der Waals surface area contributed by atoms with Gasteiger partial charge in [0.15, 0.2) is 18.1 Å². The number of Topliss-reactive ketones (excluding diaryl/α,β-unsaturated/α-hetero) is 1. The monoisotopic (exact) mass is 381 g/mol. The molecule has 0 radical (unpaired) electrons.